The molecule has 6 N–H and O–H groups in total. The molecule has 14 heteroatoms. The van der Waals surface area contributed by atoms with Crippen molar-refractivity contribution in [3.8, 4) is 11.5 Å². The van der Waals surface area contributed by atoms with Gasteiger partial charge in [-0.05, 0) is 108 Å². The Morgan fingerprint density at radius 3 is 1.39 bits per heavy atom. The van der Waals surface area contributed by atoms with Crippen LogP contribution in [-0.4, -0.2) is 84.6 Å². The Morgan fingerprint density at radius 2 is 1.00 bits per heavy atom. The van der Waals surface area contributed by atoms with Crippen LogP contribution in [0.3, 0.4) is 0 Å². The zero-order valence-corrected chi connectivity index (χ0v) is 30.2. The molecule has 2 aromatic heterocycles. The first-order chi connectivity index (χ1) is 24.1. The highest BCUT2D eigenvalue weighted by molar-refractivity contribution is 5.86. The van der Waals surface area contributed by atoms with Crippen molar-refractivity contribution in [1.29, 1.82) is 0 Å². The van der Waals surface area contributed by atoms with Crippen molar-refractivity contribution in [2.24, 2.45) is 0 Å². The van der Waals surface area contributed by atoms with Gasteiger partial charge in [0.2, 0.25) is 0 Å². The molecule has 4 amide bonds. The lowest BCUT2D eigenvalue weighted by atomic mass is 10.1. The van der Waals surface area contributed by atoms with E-state index in [0.717, 1.165) is 32.9 Å². The van der Waals surface area contributed by atoms with E-state index in [2.05, 4.69) is 31.2 Å². The van der Waals surface area contributed by atoms with E-state index in [1.165, 1.54) is 0 Å². The van der Waals surface area contributed by atoms with E-state index < -0.39 is 23.4 Å². The minimum atomic E-state index is -0.561. The minimum absolute atomic E-state index is 0.154. The van der Waals surface area contributed by atoms with Crippen molar-refractivity contribution in [1.82, 2.24) is 31.2 Å². The molecule has 4 aromatic rings. The number of hydrogen-bond acceptors (Lipinski definition) is 8. The molecular weight excluding hydrogens is 656 g/mol. The number of benzene rings is 2. The molecule has 14 nitrogen and oxygen atoms in total. The molecule has 0 radical (unpaired) electrons. The lowest BCUT2D eigenvalue weighted by Crippen LogP contribution is -2.34. The predicted molar refractivity (Wildman–Crippen MR) is 194 cm³/mol. The maximum absolute atomic E-state index is 12.4. The van der Waals surface area contributed by atoms with Gasteiger partial charge in [-0.3, -0.25) is 9.59 Å². The monoisotopic (exact) mass is 706 g/mol. The summed E-state index contributed by atoms with van der Waals surface area (Å²) in [7, 11) is 0. The summed E-state index contributed by atoms with van der Waals surface area (Å²) >= 11 is 0. The number of aromatic amines is 2. The van der Waals surface area contributed by atoms with Crippen LogP contribution in [0, 0.1) is 0 Å². The molecule has 0 aliphatic rings. The molecule has 2 heterocycles. The number of H-pyrrole nitrogens is 2. The second-order valence-corrected chi connectivity index (χ2v) is 14.0. The highest BCUT2D eigenvalue weighted by Gasteiger charge is 2.17. The van der Waals surface area contributed by atoms with Crippen LogP contribution < -0.4 is 30.7 Å². The van der Waals surface area contributed by atoms with Gasteiger partial charge in [0.25, 0.3) is 11.8 Å². The highest BCUT2D eigenvalue weighted by Crippen LogP contribution is 2.25. The number of nitrogens with one attached hydrogen (secondary N) is 6. The lowest BCUT2D eigenvalue weighted by molar-refractivity contribution is -0.123. The number of aromatic nitrogens is 2. The van der Waals surface area contributed by atoms with Crippen molar-refractivity contribution in [2.75, 3.05) is 39.4 Å². The molecule has 0 bridgehead atoms. The third-order valence-electron chi connectivity index (χ3n) is 7.34. The van der Waals surface area contributed by atoms with Gasteiger partial charge >= 0.3 is 12.2 Å². The second-order valence-electron chi connectivity index (χ2n) is 14.0. The Labute approximate surface area is 297 Å². The van der Waals surface area contributed by atoms with Crippen LogP contribution in [0.2, 0.25) is 0 Å². The lowest BCUT2D eigenvalue weighted by Gasteiger charge is -2.19. The van der Waals surface area contributed by atoms with Crippen LogP contribution in [-0.2, 0) is 31.9 Å². The topological polar surface area (TPSA) is 185 Å². The van der Waals surface area contributed by atoms with E-state index in [1.807, 2.05) is 78.2 Å². The fourth-order valence-electron chi connectivity index (χ4n) is 5.08. The van der Waals surface area contributed by atoms with Crippen LogP contribution >= 0.6 is 0 Å². The predicted octanol–water partition coefficient (Wildman–Crippen LogP) is 4.86. The molecule has 2 aromatic carbocycles. The molecule has 0 spiro atoms. The number of hydrogen-bond donors (Lipinski definition) is 6. The minimum Gasteiger partial charge on any atom is -0.484 e. The Bertz CT molecular complexity index is 1670. The van der Waals surface area contributed by atoms with Crippen molar-refractivity contribution in [3.05, 3.63) is 59.9 Å². The number of alkyl carbamates (subject to hydrolysis) is 2. The van der Waals surface area contributed by atoms with Gasteiger partial charge in [0, 0.05) is 60.4 Å². The molecule has 276 valence electrons. The van der Waals surface area contributed by atoms with E-state index in [9.17, 15) is 19.2 Å². The summed E-state index contributed by atoms with van der Waals surface area (Å²) in [5.74, 6) is 0.544. The second kappa shape index (κ2) is 17.5. The van der Waals surface area contributed by atoms with Gasteiger partial charge in [0.15, 0.2) is 13.2 Å². The molecule has 0 aliphatic heterocycles. The first-order valence-corrected chi connectivity index (χ1v) is 17.1. The van der Waals surface area contributed by atoms with Gasteiger partial charge in [-0.15, -0.1) is 0 Å². The smallest absolute Gasteiger partial charge is 0.407 e. The van der Waals surface area contributed by atoms with E-state index in [4.69, 9.17) is 18.9 Å². The maximum atomic E-state index is 12.4. The zero-order valence-electron chi connectivity index (χ0n) is 30.2. The summed E-state index contributed by atoms with van der Waals surface area (Å²) in [5.41, 5.74) is 2.72. The van der Waals surface area contributed by atoms with E-state index in [0.29, 0.717) is 56.9 Å². The molecule has 0 saturated heterocycles. The number of amides is 4. The average molecular weight is 707 g/mol. The van der Waals surface area contributed by atoms with Gasteiger partial charge in [0.05, 0.1) is 0 Å². The molecule has 0 saturated carbocycles. The van der Waals surface area contributed by atoms with Gasteiger partial charge in [-0.1, -0.05) is 0 Å². The SMILES string of the molecule is CC(C)(C)OC(=O)NCCc1c[nH]c2ccc(OCC(=O)NCCCNC(=O)COc3ccc4[nH]cc(CCNC(=O)OC(C)(C)C)c4c3)cc12. The molecular formula is C37H50N6O8. The standard InChI is InChI=1S/C37H50N6O8/c1-36(2,3)50-34(46)40-16-12-24-20-42-30-10-8-26(18-28(24)30)48-22-32(44)38-14-7-15-39-33(45)23-49-27-9-11-31-29(19-27)25(21-43-31)13-17-41-35(47)51-37(4,5)6/h8-11,18-21,42-43H,7,12-17,22-23H2,1-6H3,(H,38,44)(H,39,45)(H,40,46)(H,41,47). The van der Waals surface area contributed by atoms with Gasteiger partial charge in [-0.2, -0.15) is 0 Å². The summed E-state index contributed by atoms with van der Waals surface area (Å²) in [6.07, 6.45) is 4.56. The van der Waals surface area contributed by atoms with Crippen LogP contribution in [0.4, 0.5) is 9.59 Å². The van der Waals surface area contributed by atoms with E-state index >= 15 is 0 Å². The van der Waals surface area contributed by atoms with Crippen LogP contribution in [0.1, 0.15) is 59.1 Å². The molecule has 0 fully saturated rings. The van der Waals surface area contributed by atoms with Crippen LogP contribution in [0.5, 0.6) is 11.5 Å². The Kier molecular flexibility index (Phi) is 13.2. The van der Waals surface area contributed by atoms with Crippen molar-refractivity contribution >= 4 is 45.8 Å². The zero-order chi connectivity index (χ0) is 37.0. The number of carbonyl (C=O) groups excluding carboxylic acids is 4. The third kappa shape index (κ3) is 13.1. The number of ether oxygens (including phenoxy) is 4. The summed E-state index contributed by atoms with van der Waals surface area (Å²) < 4.78 is 22.0. The summed E-state index contributed by atoms with van der Waals surface area (Å²) in [4.78, 5) is 55.0. The Balaban J connectivity index is 1.11. The third-order valence-corrected chi connectivity index (χ3v) is 7.34. The summed E-state index contributed by atoms with van der Waals surface area (Å²) in [5, 5.41) is 13.0. The Hall–Kier alpha value is -5.40. The molecule has 0 atom stereocenters. The molecule has 0 unspecified atom stereocenters. The van der Waals surface area contributed by atoms with Crippen molar-refractivity contribution in [2.45, 2.75) is 72.0 Å². The van der Waals surface area contributed by atoms with E-state index in [1.54, 1.807) is 12.1 Å². The highest BCUT2D eigenvalue weighted by atomic mass is 16.6. The maximum Gasteiger partial charge on any atom is 0.407 e. The molecule has 51 heavy (non-hydrogen) atoms. The quantitative estimate of drug-likeness (QED) is 0.0892. The fourth-order valence-corrected chi connectivity index (χ4v) is 5.08. The Morgan fingerprint density at radius 1 is 0.588 bits per heavy atom. The average Bonchev–Trinajstić information content (AvgIpc) is 3.64. The fraction of sp³-hybridized carbons (Fsp3) is 0.459. The molecule has 4 rings (SSSR count). The van der Waals surface area contributed by atoms with Crippen LogP contribution in [0.25, 0.3) is 21.8 Å². The summed E-state index contributed by atoms with van der Waals surface area (Å²) in [6, 6.07) is 11.1. The number of fused-ring (bicyclic) bond motifs is 2. The summed E-state index contributed by atoms with van der Waals surface area (Å²) in [6.45, 7) is 12.1. The number of rotatable bonds is 16. The first-order valence-electron chi connectivity index (χ1n) is 17.1. The van der Waals surface area contributed by atoms with E-state index in [-0.39, 0.29) is 25.0 Å². The molecule has 0 aliphatic carbocycles. The van der Waals surface area contributed by atoms with Gasteiger partial charge in [-0.25, -0.2) is 9.59 Å². The normalized spacial score (nSPS) is 11.6. The van der Waals surface area contributed by atoms with Crippen molar-refractivity contribution in [3.63, 3.8) is 0 Å². The number of carbonyl (C=O) groups is 4. The van der Waals surface area contributed by atoms with Crippen LogP contribution in [0.15, 0.2) is 48.8 Å². The van der Waals surface area contributed by atoms with Gasteiger partial charge in [0.1, 0.15) is 22.7 Å². The largest absolute Gasteiger partial charge is 0.484 e. The first kappa shape index (κ1) is 38.4. The van der Waals surface area contributed by atoms with Gasteiger partial charge < -0.3 is 50.2 Å². The van der Waals surface area contributed by atoms with Crippen molar-refractivity contribution < 1.29 is 38.1 Å².